The summed E-state index contributed by atoms with van der Waals surface area (Å²) >= 11 is 7.11. The van der Waals surface area contributed by atoms with Crippen LogP contribution in [0.4, 0.5) is 0 Å². The third-order valence-electron chi connectivity index (χ3n) is 4.23. The Balaban J connectivity index is 2.41. The Morgan fingerprint density at radius 1 is 0.565 bits per heavy atom. The molecule has 0 N–H and O–H groups in total. The summed E-state index contributed by atoms with van der Waals surface area (Å²) in [6, 6.07) is 32.2. The molecule has 0 radical (unpaired) electrons. The van der Waals surface area contributed by atoms with Gasteiger partial charge in [-0.1, -0.05) is 66.2 Å². The lowest BCUT2D eigenvalue weighted by Crippen LogP contribution is -2.41. The fraction of sp³-hybridized carbons (Fsp3) is 0.143. The van der Waals surface area contributed by atoms with Gasteiger partial charge in [0.25, 0.3) is 0 Å². The number of rotatable bonds is 4. The third kappa shape index (κ3) is 2.82. The van der Waals surface area contributed by atoms with Gasteiger partial charge in [0.2, 0.25) is 0 Å². The van der Waals surface area contributed by atoms with Crippen LogP contribution in [0.15, 0.2) is 91.0 Å². The molecule has 0 unspecified atom stereocenters. The molecule has 0 aliphatic carbocycles. The van der Waals surface area contributed by atoms with Gasteiger partial charge < -0.3 is 0 Å². The minimum Gasteiger partial charge on any atom is -0.0745 e. The normalized spacial score (nSPS) is 12.1. The lowest BCUT2D eigenvalue weighted by molar-refractivity contribution is 0.991. The summed E-state index contributed by atoms with van der Waals surface area (Å²) in [5.41, 5.74) is 0. The van der Waals surface area contributed by atoms with Crippen LogP contribution in [0, 0.1) is 0 Å². The Labute approximate surface area is 144 Å². The van der Waals surface area contributed by atoms with E-state index in [9.17, 15) is 0 Å². The number of hydrogen-bond donors (Lipinski definition) is 0. The fourth-order valence-corrected chi connectivity index (χ4v) is 8.80. The van der Waals surface area contributed by atoms with Gasteiger partial charge in [0, 0.05) is 0 Å². The summed E-state index contributed by atoms with van der Waals surface area (Å²) < 4.78 is -0.392. The van der Waals surface area contributed by atoms with Gasteiger partial charge in [0.1, 0.15) is 23.2 Å². The predicted octanol–water partition coefficient (Wildman–Crippen LogP) is 4.96. The lowest BCUT2D eigenvalue weighted by Gasteiger charge is -2.36. The first kappa shape index (κ1) is 16.2. The number of alkyl halides is 1. The molecule has 0 fully saturated rings. The minimum atomic E-state index is -1.97. The van der Waals surface area contributed by atoms with E-state index in [-0.39, 0.29) is 0 Å². The Kier molecular flexibility index (Phi) is 4.57. The smallest absolute Gasteiger partial charge is 0.0745 e. The van der Waals surface area contributed by atoms with E-state index in [4.69, 9.17) is 11.6 Å². The first-order valence-electron chi connectivity index (χ1n) is 7.82. The van der Waals surface area contributed by atoms with E-state index in [1.54, 1.807) is 0 Å². The van der Waals surface area contributed by atoms with Gasteiger partial charge >= 0.3 is 0 Å². The van der Waals surface area contributed by atoms with E-state index in [1.807, 2.05) is 0 Å². The molecular formula is C21H21ClP+. The summed E-state index contributed by atoms with van der Waals surface area (Å²) in [5.74, 6) is 0. The molecule has 0 bridgehead atoms. The lowest BCUT2D eigenvalue weighted by atomic mass is 10.3. The van der Waals surface area contributed by atoms with E-state index in [2.05, 4.69) is 105 Å². The Morgan fingerprint density at radius 2 is 0.826 bits per heavy atom. The van der Waals surface area contributed by atoms with Crippen molar-refractivity contribution in [3.8, 4) is 0 Å². The second-order valence-electron chi connectivity index (χ2n) is 6.09. The van der Waals surface area contributed by atoms with Crippen LogP contribution in [-0.4, -0.2) is 4.62 Å². The summed E-state index contributed by atoms with van der Waals surface area (Å²) in [7, 11) is -1.97. The van der Waals surface area contributed by atoms with Crippen molar-refractivity contribution in [2.24, 2.45) is 0 Å². The maximum Gasteiger partial charge on any atom is 0.160 e. The van der Waals surface area contributed by atoms with E-state index < -0.39 is 11.9 Å². The van der Waals surface area contributed by atoms with Gasteiger partial charge in [0.15, 0.2) is 4.62 Å². The van der Waals surface area contributed by atoms with Gasteiger partial charge in [-0.2, -0.15) is 0 Å². The number of hydrogen-bond acceptors (Lipinski definition) is 0. The van der Waals surface area contributed by atoms with Crippen molar-refractivity contribution in [2.45, 2.75) is 18.5 Å². The molecule has 116 valence electrons. The molecule has 0 atom stereocenters. The van der Waals surface area contributed by atoms with Crippen LogP contribution in [0.3, 0.4) is 0 Å². The predicted molar refractivity (Wildman–Crippen MR) is 105 cm³/mol. The highest BCUT2D eigenvalue weighted by atomic mass is 35.5. The van der Waals surface area contributed by atoms with Crippen LogP contribution in [-0.2, 0) is 0 Å². The standard InChI is InChI=1S/C21H21ClP/c1-21(2,22)23(18-12-6-3-7-13-18,19-14-8-4-9-15-19)20-16-10-5-11-17-20/h3-17H,1-2H3/q+1. The molecule has 2 heteroatoms. The molecule has 0 aliphatic heterocycles. The van der Waals surface area contributed by atoms with Gasteiger partial charge in [-0.3, -0.25) is 0 Å². The van der Waals surface area contributed by atoms with E-state index in [0.29, 0.717) is 0 Å². The van der Waals surface area contributed by atoms with Gasteiger partial charge in [0.05, 0.1) is 0 Å². The maximum absolute atomic E-state index is 7.11. The highest BCUT2D eigenvalue weighted by Gasteiger charge is 2.56. The topological polar surface area (TPSA) is 0 Å². The van der Waals surface area contributed by atoms with Crippen molar-refractivity contribution in [3.05, 3.63) is 91.0 Å². The highest BCUT2D eigenvalue weighted by molar-refractivity contribution is 7.98. The molecule has 23 heavy (non-hydrogen) atoms. The van der Waals surface area contributed by atoms with Crippen molar-refractivity contribution in [1.82, 2.24) is 0 Å². The van der Waals surface area contributed by atoms with Crippen molar-refractivity contribution in [1.29, 1.82) is 0 Å². The molecule has 0 aliphatic rings. The fourth-order valence-electron chi connectivity index (χ4n) is 3.32. The molecule has 3 aromatic rings. The molecular weight excluding hydrogens is 319 g/mol. The molecule has 0 aromatic heterocycles. The molecule has 3 aromatic carbocycles. The molecule has 0 amide bonds. The Morgan fingerprint density at radius 3 is 1.04 bits per heavy atom. The van der Waals surface area contributed by atoms with Crippen molar-refractivity contribution >= 4 is 34.8 Å². The van der Waals surface area contributed by atoms with Crippen LogP contribution in [0.1, 0.15) is 13.8 Å². The molecule has 0 saturated carbocycles. The zero-order valence-corrected chi connectivity index (χ0v) is 15.1. The van der Waals surface area contributed by atoms with E-state index in [1.165, 1.54) is 15.9 Å². The zero-order valence-electron chi connectivity index (χ0n) is 13.5. The monoisotopic (exact) mass is 339 g/mol. The van der Waals surface area contributed by atoms with Gasteiger partial charge in [-0.15, -0.1) is 0 Å². The molecule has 0 nitrogen and oxygen atoms in total. The summed E-state index contributed by atoms with van der Waals surface area (Å²) in [6.45, 7) is 4.30. The van der Waals surface area contributed by atoms with Gasteiger partial charge in [-0.05, 0) is 50.2 Å². The largest absolute Gasteiger partial charge is 0.160 e. The maximum atomic E-state index is 7.11. The zero-order chi connectivity index (χ0) is 16.3. The molecule has 0 spiro atoms. The SMILES string of the molecule is CC(C)(Cl)[P+](c1ccccc1)(c1ccccc1)c1ccccc1. The van der Waals surface area contributed by atoms with E-state index in [0.717, 1.165) is 0 Å². The third-order valence-corrected chi connectivity index (χ3v) is 9.80. The minimum absolute atomic E-state index is 0.392. The number of benzene rings is 3. The quantitative estimate of drug-likeness (QED) is 0.466. The summed E-state index contributed by atoms with van der Waals surface area (Å²) in [5, 5.41) is 3.95. The van der Waals surface area contributed by atoms with Crippen LogP contribution >= 0.6 is 18.9 Å². The van der Waals surface area contributed by atoms with Crippen LogP contribution in [0.5, 0.6) is 0 Å². The highest BCUT2D eigenvalue weighted by Crippen LogP contribution is 2.67. The van der Waals surface area contributed by atoms with Crippen molar-refractivity contribution in [2.75, 3.05) is 0 Å². The second-order valence-corrected chi connectivity index (χ2v) is 11.3. The van der Waals surface area contributed by atoms with Crippen molar-refractivity contribution < 1.29 is 0 Å². The van der Waals surface area contributed by atoms with Crippen LogP contribution in [0.25, 0.3) is 0 Å². The van der Waals surface area contributed by atoms with Gasteiger partial charge in [-0.25, -0.2) is 0 Å². The first-order valence-corrected chi connectivity index (χ1v) is 9.98. The van der Waals surface area contributed by atoms with Crippen molar-refractivity contribution in [3.63, 3.8) is 0 Å². The molecule has 3 rings (SSSR count). The first-order chi connectivity index (χ1) is 11.1. The summed E-state index contributed by atoms with van der Waals surface area (Å²) in [6.07, 6.45) is 0. The Bertz CT molecular complexity index is 649. The molecule has 0 heterocycles. The average molecular weight is 340 g/mol. The average Bonchev–Trinajstić information content (AvgIpc) is 2.57. The van der Waals surface area contributed by atoms with E-state index >= 15 is 0 Å². The summed E-state index contributed by atoms with van der Waals surface area (Å²) in [4.78, 5) is 0. The molecule has 0 saturated heterocycles. The van der Waals surface area contributed by atoms with Crippen LogP contribution in [0.2, 0.25) is 0 Å². The number of halogens is 1. The second kappa shape index (κ2) is 6.48. The Hall–Kier alpha value is -1.62. The van der Waals surface area contributed by atoms with Crippen LogP contribution < -0.4 is 15.9 Å².